The average Bonchev–Trinajstić information content (AvgIpc) is 3.88. The second-order valence-electron chi connectivity index (χ2n) is 18.1. The smallest absolute Gasteiger partial charge is 0.410 e. The van der Waals surface area contributed by atoms with Crippen LogP contribution >= 0.6 is 0 Å². The summed E-state index contributed by atoms with van der Waals surface area (Å²) in [7, 11) is 1.65. The third-order valence-electron chi connectivity index (χ3n) is 13.6. The van der Waals surface area contributed by atoms with E-state index in [1.807, 2.05) is 45.0 Å². The van der Waals surface area contributed by atoms with E-state index in [1.54, 1.807) is 48.9 Å². The topological polar surface area (TPSA) is 209 Å². The number of amides is 1. The van der Waals surface area contributed by atoms with E-state index in [1.165, 1.54) is 15.5 Å². The summed E-state index contributed by atoms with van der Waals surface area (Å²) in [6, 6.07) is 17.2. The molecule has 67 heavy (non-hydrogen) atoms. The summed E-state index contributed by atoms with van der Waals surface area (Å²) in [5, 5.41) is 50.7. The van der Waals surface area contributed by atoms with Gasteiger partial charge in [-0.25, -0.2) is 19.1 Å². The third-order valence-corrected chi connectivity index (χ3v) is 13.6. The number of phenolic OH excluding ortho intramolecular Hbond substituents is 3. The highest BCUT2D eigenvalue weighted by Gasteiger charge is 2.51. The molecule has 3 aromatic carbocycles. The number of ether oxygens (including phenoxy) is 2. The number of hydrogen-bond donors (Lipinski definition) is 4. The lowest BCUT2D eigenvalue weighted by molar-refractivity contribution is -0.173. The van der Waals surface area contributed by atoms with Crippen LogP contribution in [-0.2, 0) is 46.0 Å². The number of nitrogens with zero attached hydrogens (tertiary/aromatic N) is 8. The first-order valence-corrected chi connectivity index (χ1v) is 23.0. The largest absolute Gasteiger partial charge is 0.508 e. The molecule has 6 heterocycles. The van der Waals surface area contributed by atoms with E-state index in [9.17, 15) is 34.8 Å². The number of fused-ring (bicyclic) bond motifs is 5. The molecule has 3 aliphatic rings. The van der Waals surface area contributed by atoms with Crippen molar-refractivity contribution in [2.75, 3.05) is 46.3 Å². The molecule has 0 saturated carbocycles. The highest BCUT2D eigenvalue weighted by molar-refractivity contribution is 5.90. The molecule has 0 radical (unpaired) electrons. The molecule has 1 atom stereocenters. The quantitative estimate of drug-likeness (QED) is 0.0719. The second kappa shape index (κ2) is 18.0. The Morgan fingerprint density at radius 2 is 1.64 bits per heavy atom. The predicted octanol–water partition coefficient (Wildman–Crippen LogP) is 6.51. The van der Waals surface area contributed by atoms with Crippen molar-refractivity contribution >= 4 is 23.0 Å². The number of rotatable bonds is 13. The van der Waals surface area contributed by atoms with Gasteiger partial charge in [-0.2, -0.15) is 0 Å². The van der Waals surface area contributed by atoms with Crippen molar-refractivity contribution in [1.29, 1.82) is 0 Å². The monoisotopic (exact) mass is 912 g/mol. The number of hydrogen-bond acceptors (Lipinski definition) is 14. The van der Waals surface area contributed by atoms with Crippen LogP contribution in [0.15, 0.2) is 65.5 Å². The van der Waals surface area contributed by atoms with Crippen molar-refractivity contribution in [3.63, 3.8) is 0 Å². The summed E-state index contributed by atoms with van der Waals surface area (Å²) in [5.41, 5.74) is 4.93. The van der Waals surface area contributed by atoms with Crippen molar-refractivity contribution < 1.29 is 39.5 Å². The highest BCUT2D eigenvalue weighted by Crippen LogP contribution is 2.43. The van der Waals surface area contributed by atoms with E-state index in [-0.39, 0.29) is 65.7 Å². The van der Waals surface area contributed by atoms with E-state index in [0.717, 1.165) is 74.2 Å². The summed E-state index contributed by atoms with van der Waals surface area (Å²) in [5.74, 6) is -0.507. The van der Waals surface area contributed by atoms with Crippen molar-refractivity contribution in [3.05, 3.63) is 104 Å². The first kappa shape index (κ1) is 45.2. The first-order chi connectivity index (χ1) is 32.2. The van der Waals surface area contributed by atoms with Gasteiger partial charge in [-0.15, -0.1) is 5.10 Å². The standard InChI is InChI=1S/C50H56N8O9/c1-6-33-35-22-32(59)14-15-40(35)51-44-37(33)27-57-41(44)24-39-38(46(57)62)28-66-47(63)50(39,7-2)67-49(65)54(5)16-8-9-17-55-18-20-56(21-19-55)26-30-10-12-31(13-11-30)58-45(52-53-48(58)64)36-23-34(29(3)4)42(60)25-43(36)61/h10-15,22-25,29,59-61H,6-9,16-21,26-28H2,1-5H3,(H,53,64). The van der Waals surface area contributed by atoms with E-state index in [2.05, 4.69) is 20.0 Å². The molecule has 4 N–H and O–H groups in total. The molecule has 1 fully saturated rings. The van der Waals surface area contributed by atoms with Gasteiger partial charge in [0.2, 0.25) is 5.60 Å². The Bertz CT molecular complexity index is 2960. The zero-order valence-electron chi connectivity index (χ0n) is 38.5. The fourth-order valence-electron chi connectivity index (χ4n) is 9.82. The third kappa shape index (κ3) is 8.20. The second-order valence-corrected chi connectivity index (χ2v) is 18.1. The molecular weight excluding hydrogens is 857 g/mol. The number of aromatic nitrogens is 5. The number of pyridine rings is 2. The number of cyclic esters (lactones) is 1. The van der Waals surface area contributed by atoms with Crippen molar-refractivity contribution in [3.8, 4) is 51.7 Å². The average molecular weight is 913 g/mol. The number of esters is 1. The molecule has 3 aromatic heterocycles. The Kier molecular flexibility index (Phi) is 12.1. The van der Waals surface area contributed by atoms with Crippen LogP contribution in [-0.4, -0.2) is 118 Å². The number of aryl methyl sites for hydroxylation is 1. The molecule has 350 valence electrons. The normalized spacial score (nSPS) is 17.1. The van der Waals surface area contributed by atoms with E-state index in [0.29, 0.717) is 52.2 Å². The van der Waals surface area contributed by atoms with Crippen LogP contribution in [0, 0.1) is 0 Å². The van der Waals surface area contributed by atoms with Crippen LogP contribution in [0.4, 0.5) is 4.79 Å². The minimum absolute atomic E-state index is 0.00426. The highest BCUT2D eigenvalue weighted by atomic mass is 16.6. The van der Waals surface area contributed by atoms with Crippen molar-refractivity contribution in [1.82, 2.24) is 39.0 Å². The van der Waals surface area contributed by atoms with Gasteiger partial charge in [0.25, 0.3) is 5.56 Å². The van der Waals surface area contributed by atoms with Gasteiger partial charge in [0, 0.05) is 68.9 Å². The number of piperazine rings is 1. The van der Waals surface area contributed by atoms with Gasteiger partial charge in [0.05, 0.1) is 40.3 Å². The molecule has 1 saturated heterocycles. The summed E-state index contributed by atoms with van der Waals surface area (Å²) in [6.45, 7) is 13.3. The fraction of sp³-hybridized carbons (Fsp3) is 0.400. The van der Waals surface area contributed by atoms with Crippen LogP contribution in [0.25, 0.3) is 39.4 Å². The molecule has 0 aliphatic carbocycles. The van der Waals surface area contributed by atoms with Crippen molar-refractivity contribution in [2.45, 2.75) is 84.6 Å². The number of aromatic hydroxyl groups is 4. The molecule has 1 unspecified atom stereocenters. The van der Waals surface area contributed by atoms with Crippen LogP contribution < -0.4 is 5.56 Å². The van der Waals surface area contributed by atoms with Gasteiger partial charge < -0.3 is 44.3 Å². The van der Waals surface area contributed by atoms with Gasteiger partial charge in [-0.1, -0.05) is 44.9 Å². The molecule has 17 heteroatoms. The van der Waals surface area contributed by atoms with Crippen LogP contribution in [0.2, 0.25) is 0 Å². The molecule has 9 rings (SSSR count). The van der Waals surface area contributed by atoms with Gasteiger partial charge in [0.1, 0.15) is 23.9 Å². The summed E-state index contributed by atoms with van der Waals surface area (Å²) in [6.07, 6.45) is 1.62. The Hall–Kier alpha value is -6.98. The zero-order valence-corrected chi connectivity index (χ0v) is 38.5. The van der Waals surface area contributed by atoms with Gasteiger partial charge in [0.15, 0.2) is 5.82 Å². The number of carbonyl (C=O) groups is 2. The SMILES string of the molecule is CCc1c2c(nc3ccc(O)cc13)-c1cc3c(c(=O)n1C2)COC(=O)C3(CC)OC(=O)N(C)CCCCN1CCN(Cc2ccc(-n3c(O)nnc3-c3cc(C(C)C)c(O)cc3O)cc2)CC1. The Morgan fingerprint density at radius 3 is 2.36 bits per heavy atom. The molecule has 17 nitrogen and oxygen atoms in total. The first-order valence-electron chi connectivity index (χ1n) is 23.0. The van der Waals surface area contributed by atoms with Crippen molar-refractivity contribution in [2.24, 2.45) is 0 Å². The summed E-state index contributed by atoms with van der Waals surface area (Å²) in [4.78, 5) is 52.7. The predicted molar refractivity (Wildman–Crippen MR) is 249 cm³/mol. The lowest BCUT2D eigenvalue weighted by atomic mass is 9.85. The molecule has 1 amide bonds. The Balaban J connectivity index is 0.786. The maximum atomic E-state index is 14.1. The zero-order chi connectivity index (χ0) is 47.3. The summed E-state index contributed by atoms with van der Waals surface area (Å²) >= 11 is 0. The van der Waals surface area contributed by atoms with Gasteiger partial charge in [-0.3, -0.25) is 9.69 Å². The molecule has 0 bridgehead atoms. The summed E-state index contributed by atoms with van der Waals surface area (Å²) < 4.78 is 14.8. The lowest BCUT2D eigenvalue weighted by Crippen LogP contribution is -2.49. The van der Waals surface area contributed by atoms with Crippen LogP contribution in [0.3, 0.4) is 0 Å². The van der Waals surface area contributed by atoms with Gasteiger partial charge >= 0.3 is 18.1 Å². The number of phenols is 3. The van der Waals surface area contributed by atoms with Crippen LogP contribution in [0.5, 0.6) is 23.3 Å². The van der Waals surface area contributed by atoms with E-state index in [4.69, 9.17) is 14.5 Å². The van der Waals surface area contributed by atoms with Crippen LogP contribution in [0.1, 0.15) is 86.3 Å². The minimum Gasteiger partial charge on any atom is -0.508 e. The molecular formula is C50H56N8O9. The fourth-order valence-corrected chi connectivity index (χ4v) is 9.82. The van der Waals surface area contributed by atoms with Gasteiger partial charge in [-0.05, 0) is 97.3 Å². The molecule has 0 spiro atoms. The number of benzene rings is 3. The minimum atomic E-state index is -1.81. The molecule has 3 aliphatic heterocycles. The number of unbranched alkanes of at least 4 members (excludes halogenated alkanes) is 1. The molecule has 6 aromatic rings. The maximum absolute atomic E-state index is 14.1. The number of carbonyl (C=O) groups excluding carboxylic acids is 2. The van der Waals surface area contributed by atoms with E-state index >= 15 is 0 Å². The Labute approximate surface area is 387 Å². The van der Waals surface area contributed by atoms with E-state index < -0.39 is 17.7 Å². The maximum Gasteiger partial charge on any atom is 0.410 e. The lowest BCUT2D eigenvalue weighted by Gasteiger charge is -2.36. The Morgan fingerprint density at radius 1 is 0.896 bits per heavy atom.